The molecule has 1 heterocycles. The van der Waals surface area contributed by atoms with Crippen molar-refractivity contribution in [2.24, 2.45) is 0 Å². The van der Waals surface area contributed by atoms with E-state index in [-0.39, 0.29) is 12.5 Å². The first kappa shape index (κ1) is 67.2. The van der Waals surface area contributed by atoms with Gasteiger partial charge < -0.3 is 40.3 Å². The lowest BCUT2D eigenvalue weighted by molar-refractivity contribution is -0.302. The summed E-state index contributed by atoms with van der Waals surface area (Å²) in [6.45, 7) is 3.71. The fourth-order valence-corrected chi connectivity index (χ4v) is 9.68. The number of carbonyl (C=O) groups is 1. The molecular formula is C62H115NO8. The summed E-state index contributed by atoms with van der Waals surface area (Å²) < 4.78 is 11.3. The van der Waals surface area contributed by atoms with E-state index in [1.807, 2.05) is 0 Å². The maximum absolute atomic E-state index is 13.0. The quantitative estimate of drug-likeness (QED) is 0.0261. The second kappa shape index (κ2) is 51.6. The SMILES string of the molecule is CC/C=C\C/C=C\C/C=C\C/C=C\CCCCCCCCCCCCCCCCCCCCCCCCCCCCC(=O)NC(COC1OC(CO)C(O)C(O)C1O)C(O)CCCCCCCCCCC. The van der Waals surface area contributed by atoms with Crippen LogP contribution in [0.2, 0.25) is 0 Å². The maximum Gasteiger partial charge on any atom is 0.220 e. The van der Waals surface area contributed by atoms with Crippen molar-refractivity contribution in [2.45, 2.75) is 326 Å². The third-order valence-corrected chi connectivity index (χ3v) is 14.4. The zero-order valence-corrected chi connectivity index (χ0v) is 46.2. The van der Waals surface area contributed by atoms with Crippen LogP contribution in [0, 0.1) is 0 Å². The Morgan fingerprint density at radius 3 is 1.30 bits per heavy atom. The van der Waals surface area contributed by atoms with Gasteiger partial charge in [0.05, 0.1) is 25.4 Å². The molecule has 1 aliphatic heterocycles. The average Bonchev–Trinajstić information content (AvgIpc) is 3.37. The van der Waals surface area contributed by atoms with Crippen LogP contribution in [0.1, 0.15) is 284 Å². The normalized spacial score (nSPS) is 19.6. The Kier molecular flexibility index (Phi) is 48.8. The lowest BCUT2D eigenvalue weighted by Crippen LogP contribution is -2.60. The number of hydrogen-bond acceptors (Lipinski definition) is 8. The topological polar surface area (TPSA) is 149 Å². The molecule has 0 aromatic carbocycles. The minimum atomic E-state index is -1.55. The molecule has 1 fully saturated rings. The zero-order valence-electron chi connectivity index (χ0n) is 46.2. The predicted octanol–water partition coefficient (Wildman–Crippen LogP) is 15.3. The number of carbonyl (C=O) groups excluding carboxylic acids is 1. The van der Waals surface area contributed by atoms with Crippen LogP contribution in [0.4, 0.5) is 0 Å². The number of aliphatic hydroxyl groups excluding tert-OH is 5. The molecule has 0 aromatic rings. The van der Waals surface area contributed by atoms with Gasteiger partial charge in [0, 0.05) is 6.42 Å². The second-order valence-corrected chi connectivity index (χ2v) is 21.1. The van der Waals surface area contributed by atoms with E-state index in [0.717, 1.165) is 64.2 Å². The van der Waals surface area contributed by atoms with E-state index in [4.69, 9.17) is 9.47 Å². The molecule has 1 amide bonds. The van der Waals surface area contributed by atoms with Crippen LogP contribution in [0.15, 0.2) is 48.6 Å². The number of unbranched alkanes of at least 4 members (excludes halogenated alkanes) is 34. The predicted molar refractivity (Wildman–Crippen MR) is 299 cm³/mol. The summed E-state index contributed by atoms with van der Waals surface area (Å²) in [6.07, 6.45) is 62.0. The zero-order chi connectivity index (χ0) is 51.5. The van der Waals surface area contributed by atoms with Crippen molar-refractivity contribution in [1.82, 2.24) is 5.32 Å². The Hall–Kier alpha value is -1.85. The van der Waals surface area contributed by atoms with Crippen molar-refractivity contribution in [3.8, 4) is 0 Å². The molecule has 7 atom stereocenters. The maximum atomic E-state index is 13.0. The summed E-state index contributed by atoms with van der Waals surface area (Å²) >= 11 is 0. The minimum absolute atomic E-state index is 0.135. The monoisotopic (exact) mass is 1000 g/mol. The van der Waals surface area contributed by atoms with Crippen LogP contribution in [0.5, 0.6) is 0 Å². The molecule has 0 aliphatic carbocycles. The van der Waals surface area contributed by atoms with Gasteiger partial charge in [-0.3, -0.25) is 4.79 Å². The van der Waals surface area contributed by atoms with Gasteiger partial charge in [-0.2, -0.15) is 0 Å². The third kappa shape index (κ3) is 41.1. The van der Waals surface area contributed by atoms with E-state index in [1.54, 1.807) is 0 Å². The Labute approximate surface area is 437 Å². The fraction of sp³-hybridized carbons (Fsp3) is 0.855. The van der Waals surface area contributed by atoms with E-state index in [2.05, 4.69) is 67.8 Å². The van der Waals surface area contributed by atoms with Crippen LogP contribution in [0.25, 0.3) is 0 Å². The van der Waals surface area contributed by atoms with Gasteiger partial charge in [-0.25, -0.2) is 0 Å². The van der Waals surface area contributed by atoms with Gasteiger partial charge in [0.25, 0.3) is 0 Å². The molecule has 0 spiro atoms. The Bertz CT molecular complexity index is 1250. The van der Waals surface area contributed by atoms with Crippen LogP contribution in [-0.2, 0) is 14.3 Å². The number of ether oxygens (including phenoxy) is 2. The minimum Gasteiger partial charge on any atom is -0.394 e. The Balaban J connectivity index is 1.98. The molecule has 416 valence electrons. The highest BCUT2D eigenvalue weighted by Crippen LogP contribution is 2.23. The summed E-state index contributed by atoms with van der Waals surface area (Å²) in [5, 5.41) is 54.4. The average molecular weight is 1000 g/mol. The smallest absolute Gasteiger partial charge is 0.220 e. The second-order valence-electron chi connectivity index (χ2n) is 21.1. The number of hydrogen-bond donors (Lipinski definition) is 6. The number of amides is 1. The molecule has 0 aromatic heterocycles. The first-order valence-corrected chi connectivity index (χ1v) is 30.3. The van der Waals surface area contributed by atoms with Crippen molar-refractivity contribution in [3.05, 3.63) is 48.6 Å². The van der Waals surface area contributed by atoms with E-state index in [1.165, 1.54) is 193 Å². The van der Waals surface area contributed by atoms with Gasteiger partial charge in [-0.1, -0.05) is 274 Å². The number of aliphatic hydroxyl groups is 5. The summed E-state index contributed by atoms with van der Waals surface area (Å²) in [4.78, 5) is 13.0. The van der Waals surface area contributed by atoms with E-state index >= 15 is 0 Å². The molecule has 0 radical (unpaired) electrons. The molecule has 0 bridgehead atoms. The Morgan fingerprint density at radius 2 is 0.873 bits per heavy atom. The molecule has 7 unspecified atom stereocenters. The van der Waals surface area contributed by atoms with Crippen LogP contribution in [0.3, 0.4) is 0 Å². The van der Waals surface area contributed by atoms with Gasteiger partial charge in [-0.15, -0.1) is 0 Å². The fourth-order valence-electron chi connectivity index (χ4n) is 9.68. The van der Waals surface area contributed by atoms with Crippen molar-refractivity contribution in [2.75, 3.05) is 13.2 Å². The van der Waals surface area contributed by atoms with Crippen LogP contribution >= 0.6 is 0 Å². The first-order valence-electron chi connectivity index (χ1n) is 30.3. The standard InChI is InChI=1S/C62H115NO8/c1-3-5-7-9-11-13-14-15-16-17-18-19-20-21-22-23-24-25-26-27-28-29-30-31-32-33-34-35-36-37-38-39-40-41-42-44-46-48-50-52-58(66)63-55(56(65)51-49-47-45-43-12-10-8-6-4-2)54-70-62-61(69)60(68)59(67)57(53-64)71-62/h5,7,11,13,15-16,18-19,55-57,59-62,64-65,67-69H,3-4,6,8-10,12,14,17,20-54H2,1-2H3,(H,63,66)/b7-5-,13-11-,16-15-,19-18-. The van der Waals surface area contributed by atoms with Gasteiger partial charge in [0.1, 0.15) is 24.4 Å². The first-order chi connectivity index (χ1) is 34.8. The number of nitrogens with one attached hydrogen (secondary N) is 1. The summed E-state index contributed by atoms with van der Waals surface area (Å²) in [5.74, 6) is -0.142. The molecular weight excluding hydrogens is 887 g/mol. The van der Waals surface area contributed by atoms with Crippen LogP contribution in [-0.4, -0.2) is 87.5 Å². The van der Waals surface area contributed by atoms with Crippen molar-refractivity contribution >= 4 is 5.91 Å². The van der Waals surface area contributed by atoms with Gasteiger partial charge in [0.15, 0.2) is 6.29 Å². The highest BCUT2D eigenvalue weighted by molar-refractivity contribution is 5.76. The highest BCUT2D eigenvalue weighted by atomic mass is 16.7. The van der Waals surface area contributed by atoms with Crippen molar-refractivity contribution in [3.63, 3.8) is 0 Å². The molecule has 9 nitrogen and oxygen atoms in total. The summed E-state index contributed by atoms with van der Waals surface area (Å²) in [7, 11) is 0. The lowest BCUT2D eigenvalue weighted by Gasteiger charge is -2.40. The number of rotatable bonds is 52. The van der Waals surface area contributed by atoms with Crippen molar-refractivity contribution in [1.29, 1.82) is 0 Å². The van der Waals surface area contributed by atoms with Gasteiger partial charge in [-0.05, 0) is 51.4 Å². The molecule has 1 saturated heterocycles. The highest BCUT2D eigenvalue weighted by Gasteiger charge is 2.44. The largest absolute Gasteiger partial charge is 0.394 e. The Morgan fingerprint density at radius 1 is 0.493 bits per heavy atom. The lowest BCUT2D eigenvalue weighted by atomic mass is 9.99. The molecule has 9 heteroatoms. The summed E-state index contributed by atoms with van der Waals surface area (Å²) in [5.41, 5.74) is 0. The van der Waals surface area contributed by atoms with E-state index in [9.17, 15) is 30.3 Å². The van der Waals surface area contributed by atoms with Gasteiger partial charge in [0.2, 0.25) is 5.91 Å². The van der Waals surface area contributed by atoms with E-state index in [0.29, 0.717) is 12.8 Å². The molecule has 71 heavy (non-hydrogen) atoms. The van der Waals surface area contributed by atoms with Gasteiger partial charge >= 0.3 is 0 Å². The van der Waals surface area contributed by atoms with Crippen LogP contribution < -0.4 is 5.32 Å². The molecule has 6 N–H and O–H groups in total. The van der Waals surface area contributed by atoms with Crippen molar-refractivity contribution < 1.29 is 39.8 Å². The molecule has 0 saturated carbocycles. The molecule has 1 aliphatic rings. The third-order valence-electron chi connectivity index (χ3n) is 14.4. The molecule has 1 rings (SSSR count). The number of allylic oxidation sites excluding steroid dienone is 8. The summed E-state index contributed by atoms with van der Waals surface area (Å²) in [6, 6.07) is -0.714. The van der Waals surface area contributed by atoms with E-state index < -0.39 is 49.5 Å².